The van der Waals surface area contributed by atoms with E-state index in [2.05, 4.69) is 22.2 Å². The number of amides is 1. The maximum Gasteiger partial charge on any atom is 0.257 e. The van der Waals surface area contributed by atoms with Gasteiger partial charge in [-0.05, 0) is 37.4 Å². The number of carbonyl (C=O) groups is 1. The molecule has 0 aromatic heterocycles. The third-order valence-electron chi connectivity index (χ3n) is 4.17. The molecule has 1 aliphatic heterocycles. The lowest BCUT2D eigenvalue weighted by molar-refractivity contribution is 0.102. The van der Waals surface area contributed by atoms with Crippen molar-refractivity contribution in [3.05, 3.63) is 58.1 Å². The van der Waals surface area contributed by atoms with E-state index in [1.807, 2.05) is 12.1 Å². The van der Waals surface area contributed by atoms with Crippen LogP contribution in [0.2, 0.25) is 10.0 Å². The van der Waals surface area contributed by atoms with Gasteiger partial charge in [0.05, 0.1) is 21.3 Å². The number of benzene rings is 2. The quantitative estimate of drug-likeness (QED) is 0.828. The minimum absolute atomic E-state index is 0. The second kappa shape index (κ2) is 8.77. The molecule has 134 valence electrons. The molecule has 25 heavy (non-hydrogen) atoms. The topological polar surface area (TPSA) is 35.6 Å². The molecular formula is C18H20Cl3N3O. The van der Waals surface area contributed by atoms with Crippen LogP contribution in [-0.2, 0) is 0 Å². The molecule has 3 rings (SSSR count). The van der Waals surface area contributed by atoms with Crippen molar-refractivity contribution < 1.29 is 4.79 Å². The van der Waals surface area contributed by atoms with Gasteiger partial charge in [-0.2, -0.15) is 0 Å². The van der Waals surface area contributed by atoms with Crippen LogP contribution in [0.3, 0.4) is 0 Å². The largest absolute Gasteiger partial charge is 0.368 e. The number of hydrogen-bond donors (Lipinski definition) is 1. The number of rotatable bonds is 3. The lowest BCUT2D eigenvalue weighted by Crippen LogP contribution is -2.44. The van der Waals surface area contributed by atoms with Gasteiger partial charge in [0, 0.05) is 31.9 Å². The molecule has 0 aliphatic carbocycles. The van der Waals surface area contributed by atoms with Crippen molar-refractivity contribution in [2.45, 2.75) is 0 Å². The molecule has 1 amide bonds. The Morgan fingerprint density at radius 3 is 2.32 bits per heavy atom. The molecule has 0 unspecified atom stereocenters. The van der Waals surface area contributed by atoms with E-state index in [-0.39, 0.29) is 18.3 Å². The zero-order valence-corrected chi connectivity index (χ0v) is 16.2. The van der Waals surface area contributed by atoms with Gasteiger partial charge in [-0.15, -0.1) is 12.4 Å². The second-order valence-electron chi connectivity index (χ2n) is 5.89. The van der Waals surface area contributed by atoms with Crippen molar-refractivity contribution in [1.82, 2.24) is 4.90 Å². The van der Waals surface area contributed by atoms with Gasteiger partial charge < -0.3 is 15.1 Å². The van der Waals surface area contributed by atoms with Gasteiger partial charge in [-0.1, -0.05) is 35.3 Å². The van der Waals surface area contributed by atoms with Crippen molar-refractivity contribution in [2.75, 3.05) is 43.4 Å². The molecule has 1 heterocycles. The number of hydrogen-bond acceptors (Lipinski definition) is 3. The highest BCUT2D eigenvalue weighted by Gasteiger charge is 2.17. The highest BCUT2D eigenvalue weighted by Crippen LogP contribution is 2.30. The molecule has 0 spiro atoms. The minimum atomic E-state index is -0.246. The summed E-state index contributed by atoms with van der Waals surface area (Å²) in [7, 11) is 2.12. The van der Waals surface area contributed by atoms with Gasteiger partial charge in [-0.25, -0.2) is 0 Å². The fourth-order valence-corrected chi connectivity index (χ4v) is 3.25. The van der Waals surface area contributed by atoms with Crippen molar-refractivity contribution in [1.29, 1.82) is 0 Å². The molecule has 4 nitrogen and oxygen atoms in total. The molecule has 0 atom stereocenters. The maximum absolute atomic E-state index is 12.3. The van der Waals surface area contributed by atoms with Crippen LogP contribution in [-0.4, -0.2) is 44.0 Å². The van der Waals surface area contributed by atoms with Crippen LogP contribution in [0.1, 0.15) is 10.4 Å². The predicted octanol–water partition coefficient (Wildman–Crippen LogP) is 4.42. The number of halogens is 3. The van der Waals surface area contributed by atoms with Gasteiger partial charge in [0.2, 0.25) is 0 Å². The average molecular weight is 401 g/mol. The summed E-state index contributed by atoms with van der Waals surface area (Å²) in [6.45, 7) is 3.92. The molecular weight excluding hydrogens is 381 g/mol. The predicted molar refractivity (Wildman–Crippen MR) is 108 cm³/mol. The number of piperazine rings is 1. The standard InChI is InChI=1S/C18H19Cl2N3O.ClH/c1-22-8-10-23(11-9-22)17-7-6-13(12-16(17)20)21-18(24)14-4-2-3-5-15(14)19;/h2-7,12H,8-11H2,1H3,(H,21,24);1H. The van der Waals surface area contributed by atoms with E-state index < -0.39 is 0 Å². The van der Waals surface area contributed by atoms with E-state index in [0.29, 0.717) is 21.3 Å². The monoisotopic (exact) mass is 399 g/mol. The molecule has 1 saturated heterocycles. The molecule has 1 N–H and O–H groups in total. The summed E-state index contributed by atoms with van der Waals surface area (Å²) < 4.78 is 0. The highest BCUT2D eigenvalue weighted by molar-refractivity contribution is 6.35. The normalized spacial score (nSPS) is 14.8. The van der Waals surface area contributed by atoms with Crippen molar-refractivity contribution in [3.8, 4) is 0 Å². The van der Waals surface area contributed by atoms with E-state index in [1.165, 1.54) is 0 Å². The number of likely N-dealkylation sites (N-methyl/N-ethyl adjacent to an activating group) is 1. The smallest absolute Gasteiger partial charge is 0.257 e. The van der Waals surface area contributed by atoms with E-state index in [9.17, 15) is 4.79 Å². The van der Waals surface area contributed by atoms with Gasteiger partial charge in [0.15, 0.2) is 0 Å². The number of carbonyl (C=O) groups excluding carboxylic acids is 1. The minimum Gasteiger partial charge on any atom is -0.368 e. The number of anilines is 2. The third kappa shape index (κ3) is 4.79. The summed E-state index contributed by atoms with van der Waals surface area (Å²) in [5.74, 6) is -0.246. The van der Waals surface area contributed by atoms with E-state index in [4.69, 9.17) is 23.2 Å². The summed E-state index contributed by atoms with van der Waals surface area (Å²) in [6.07, 6.45) is 0. The summed E-state index contributed by atoms with van der Waals surface area (Å²) in [5.41, 5.74) is 2.10. The molecule has 1 aliphatic rings. The van der Waals surface area contributed by atoms with Crippen LogP contribution < -0.4 is 10.2 Å². The van der Waals surface area contributed by atoms with Crippen LogP contribution >= 0.6 is 35.6 Å². The zero-order chi connectivity index (χ0) is 17.1. The fourth-order valence-electron chi connectivity index (χ4n) is 2.73. The Kier molecular flexibility index (Phi) is 6.96. The Morgan fingerprint density at radius 2 is 1.68 bits per heavy atom. The van der Waals surface area contributed by atoms with Crippen molar-refractivity contribution >= 4 is 52.9 Å². The Hall–Kier alpha value is -1.46. The Morgan fingerprint density at radius 1 is 1.00 bits per heavy atom. The van der Waals surface area contributed by atoms with Crippen LogP contribution in [0.4, 0.5) is 11.4 Å². The lowest BCUT2D eigenvalue weighted by Gasteiger charge is -2.34. The Balaban J connectivity index is 0.00000225. The second-order valence-corrected chi connectivity index (χ2v) is 6.70. The van der Waals surface area contributed by atoms with Crippen molar-refractivity contribution in [3.63, 3.8) is 0 Å². The number of nitrogens with zero attached hydrogens (tertiary/aromatic N) is 2. The van der Waals surface area contributed by atoms with Gasteiger partial charge >= 0.3 is 0 Å². The first-order valence-corrected chi connectivity index (χ1v) is 8.59. The van der Waals surface area contributed by atoms with Crippen molar-refractivity contribution in [2.24, 2.45) is 0 Å². The zero-order valence-electron chi connectivity index (χ0n) is 13.8. The summed E-state index contributed by atoms with van der Waals surface area (Å²) in [5, 5.41) is 3.90. The Bertz CT molecular complexity index is 746. The van der Waals surface area contributed by atoms with Crippen LogP contribution in [0.15, 0.2) is 42.5 Å². The molecule has 7 heteroatoms. The first-order chi connectivity index (χ1) is 11.5. The molecule has 0 bridgehead atoms. The molecule has 2 aromatic rings. The highest BCUT2D eigenvalue weighted by atomic mass is 35.5. The van der Waals surface area contributed by atoms with Crippen LogP contribution in [0.5, 0.6) is 0 Å². The van der Waals surface area contributed by atoms with Crippen LogP contribution in [0, 0.1) is 0 Å². The maximum atomic E-state index is 12.3. The van der Waals surface area contributed by atoms with E-state index >= 15 is 0 Å². The van der Waals surface area contributed by atoms with Crippen LogP contribution in [0.25, 0.3) is 0 Å². The Labute approximate surface area is 164 Å². The lowest BCUT2D eigenvalue weighted by atomic mass is 10.2. The van der Waals surface area contributed by atoms with E-state index in [1.54, 1.807) is 30.3 Å². The van der Waals surface area contributed by atoms with Gasteiger partial charge in [-0.3, -0.25) is 4.79 Å². The molecule has 2 aromatic carbocycles. The summed E-state index contributed by atoms with van der Waals surface area (Å²) in [4.78, 5) is 16.9. The number of nitrogens with one attached hydrogen (secondary N) is 1. The van der Waals surface area contributed by atoms with Gasteiger partial charge in [0.1, 0.15) is 0 Å². The fraction of sp³-hybridized carbons (Fsp3) is 0.278. The first-order valence-electron chi connectivity index (χ1n) is 7.83. The SMILES string of the molecule is CN1CCN(c2ccc(NC(=O)c3ccccc3Cl)cc2Cl)CC1.Cl. The van der Waals surface area contributed by atoms with E-state index in [0.717, 1.165) is 31.9 Å². The molecule has 1 fully saturated rings. The van der Waals surface area contributed by atoms with Gasteiger partial charge in [0.25, 0.3) is 5.91 Å². The molecule has 0 saturated carbocycles. The first kappa shape index (κ1) is 19.9. The third-order valence-corrected chi connectivity index (χ3v) is 4.80. The summed E-state index contributed by atoms with van der Waals surface area (Å²) in [6, 6.07) is 12.6. The average Bonchev–Trinajstić information content (AvgIpc) is 2.56. The molecule has 0 radical (unpaired) electrons. The summed E-state index contributed by atoms with van der Waals surface area (Å²) >= 11 is 12.5.